The molecule has 86 valence electrons. The second kappa shape index (κ2) is 5.30. The van der Waals surface area contributed by atoms with E-state index in [0.717, 1.165) is 14.2 Å². The van der Waals surface area contributed by atoms with Crippen LogP contribution in [-0.4, -0.2) is 42.8 Å². The molecule has 0 aliphatic carbocycles. The van der Waals surface area contributed by atoms with Crippen molar-refractivity contribution in [2.45, 2.75) is 18.4 Å². The Morgan fingerprint density at radius 3 is 1.67 bits per heavy atom. The first kappa shape index (κ1) is 13.4. The summed E-state index contributed by atoms with van der Waals surface area (Å²) in [5, 5.41) is 8.78. The van der Waals surface area contributed by atoms with Crippen molar-refractivity contribution in [2.24, 2.45) is 5.73 Å². The fourth-order valence-electron chi connectivity index (χ4n) is 0.873. The van der Waals surface area contributed by atoms with Gasteiger partial charge in [-0.3, -0.25) is 14.4 Å². The molecule has 3 N–H and O–H groups in total. The zero-order valence-electron chi connectivity index (χ0n) is 8.48. The maximum absolute atomic E-state index is 10.9. The van der Waals surface area contributed by atoms with Crippen LogP contribution in [0.4, 0.5) is 0 Å². The first-order valence-electron chi connectivity index (χ1n) is 4.01. The number of methoxy groups -OCH3 is 2. The van der Waals surface area contributed by atoms with Crippen LogP contribution in [-0.2, 0) is 23.9 Å². The van der Waals surface area contributed by atoms with Gasteiger partial charge in [-0.05, 0) is 0 Å². The van der Waals surface area contributed by atoms with Gasteiger partial charge in [0.25, 0.3) is 0 Å². The Labute approximate surface area is 86.1 Å². The minimum Gasteiger partial charge on any atom is -0.480 e. The van der Waals surface area contributed by atoms with E-state index in [4.69, 9.17) is 10.8 Å². The average Bonchev–Trinajstić information content (AvgIpc) is 2.16. The van der Waals surface area contributed by atoms with E-state index in [1.54, 1.807) is 0 Å². The number of aliphatic carboxylic acids is 1. The van der Waals surface area contributed by atoms with Gasteiger partial charge in [0.05, 0.1) is 27.1 Å². The lowest BCUT2D eigenvalue weighted by atomic mass is 9.92. The zero-order chi connectivity index (χ0) is 12.1. The van der Waals surface area contributed by atoms with Crippen molar-refractivity contribution in [3.8, 4) is 0 Å². The van der Waals surface area contributed by atoms with Crippen LogP contribution in [0.25, 0.3) is 0 Å². The maximum atomic E-state index is 10.9. The molecule has 15 heavy (non-hydrogen) atoms. The second-order valence-corrected chi connectivity index (χ2v) is 2.97. The van der Waals surface area contributed by atoms with Gasteiger partial charge in [0, 0.05) is 0 Å². The van der Waals surface area contributed by atoms with Crippen LogP contribution in [0.15, 0.2) is 0 Å². The zero-order valence-corrected chi connectivity index (χ0v) is 8.48. The van der Waals surface area contributed by atoms with E-state index < -0.39 is 36.3 Å². The van der Waals surface area contributed by atoms with Gasteiger partial charge in [0.1, 0.15) is 5.54 Å². The summed E-state index contributed by atoms with van der Waals surface area (Å²) < 4.78 is 8.55. The number of carboxylic acids is 1. The Kier molecular flexibility index (Phi) is 4.72. The lowest BCUT2D eigenvalue weighted by Gasteiger charge is -2.21. The van der Waals surface area contributed by atoms with Crippen LogP contribution in [0.2, 0.25) is 0 Å². The molecule has 0 fully saturated rings. The number of rotatable bonds is 5. The van der Waals surface area contributed by atoms with Gasteiger partial charge >= 0.3 is 17.9 Å². The molecule has 0 spiro atoms. The molecule has 0 aromatic carbocycles. The van der Waals surface area contributed by atoms with Gasteiger partial charge in [-0.25, -0.2) is 0 Å². The topological polar surface area (TPSA) is 116 Å². The molecule has 0 radical (unpaired) electrons. The number of carbonyl (C=O) groups is 3. The van der Waals surface area contributed by atoms with E-state index in [0.29, 0.717) is 0 Å². The van der Waals surface area contributed by atoms with Gasteiger partial charge in [-0.2, -0.15) is 0 Å². The standard InChI is InChI=1S/C8H13NO6/c1-14-5(10)3-8(9,7(12)13)4-6(11)15-2/h3-4,9H2,1-2H3,(H,12,13). The Morgan fingerprint density at radius 2 is 1.47 bits per heavy atom. The van der Waals surface area contributed by atoms with Crippen LogP contribution in [0.3, 0.4) is 0 Å². The molecular formula is C8H13NO6. The van der Waals surface area contributed by atoms with Crippen LogP contribution in [0.1, 0.15) is 12.8 Å². The molecule has 0 aliphatic heterocycles. The molecule has 0 rings (SSSR count). The highest BCUT2D eigenvalue weighted by Crippen LogP contribution is 2.14. The predicted octanol–water partition coefficient (Wildman–Crippen LogP) is -1.11. The first-order chi connectivity index (χ1) is 6.85. The fraction of sp³-hybridized carbons (Fsp3) is 0.625. The lowest BCUT2D eigenvalue weighted by Crippen LogP contribution is -2.51. The third-order valence-electron chi connectivity index (χ3n) is 1.80. The molecule has 7 heteroatoms. The lowest BCUT2D eigenvalue weighted by molar-refractivity contribution is -0.155. The molecule has 0 aromatic heterocycles. The summed E-state index contributed by atoms with van der Waals surface area (Å²) in [4.78, 5) is 32.6. The van der Waals surface area contributed by atoms with E-state index in [2.05, 4.69) is 9.47 Å². The number of carboxylic acid groups (broad SMARTS) is 1. The van der Waals surface area contributed by atoms with Gasteiger partial charge < -0.3 is 20.3 Å². The molecule has 0 aliphatic rings. The third-order valence-corrected chi connectivity index (χ3v) is 1.80. The minimum atomic E-state index is -1.99. The smallest absolute Gasteiger partial charge is 0.324 e. The number of hydrogen-bond donors (Lipinski definition) is 2. The molecule has 0 unspecified atom stereocenters. The number of carbonyl (C=O) groups excluding carboxylic acids is 2. The van der Waals surface area contributed by atoms with Crippen molar-refractivity contribution in [2.75, 3.05) is 14.2 Å². The SMILES string of the molecule is COC(=O)CC(N)(CC(=O)OC)C(=O)O. The molecule has 0 atom stereocenters. The van der Waals surface area contributed by atoms with Crippen molar-refractivity contribution in [3.63, 3.8) is 0 Å². The quantitative estimate of drug-likeness (QED) is 0.563. The van der Waals surface area contributed by atoms with Gasteiger partial charge in [0.2, 0.25) is 0 Å². The van der Waals surface area contributed by atoms with Gasteiger partial charge in [-0.15, -0.1) is 0 Å². The van der Waals surface area contributed by atoms with Crippen molar-refractivity contribution < 1.29 is 29.0 Å². The molecule has 0 aromatic rings. The highest BCUT2D eigenvalue weighted by Gasteiger charge is 2.39. The van der Waals surface area contributed by atoms with Crippen LogP contribution < -0.4 is 5.73 Å². The predicted molar refractivity (Wildman–Crippen MR) is 47.8 cm³/mol. The van der Waals surface area contributed by atoms with Crippen molar-refractivity contribution in [3.05, 3.63) is 0 Å². The highest BCUT2D eigenvalue weighted by molar-refractivity contribution is 5.89. The Bertz CT molecular complexity index is 256. The number of esters is 2. The van der Waals surface area contributed by atoms with Gasteiger partial charge in [-0.1, -0.05) is 0 Å². The number of nitrogens with two attached hydrogens (primary N) is 1. The summed E-state index contributed by atoms with van der Waals surface area (Å²) in [6.45, 7) is 0. The Hall–Kier alpha value is -1.63. The molecule has 0 saturated heterocycles. The fourth-order valence-corrected chi connectivity index (χ4v) is 0.873. The molecule has 0 heterocycles. The van der Waals surface area contributed by atoms with Gasteiger partial charge in [0.15, 0.2) is 0 Å². The molecular weight excluding hydrogens is 206 g/mol. The van der Waals surface area contributed by atoms with E-state index in [9.17, 15) is 14.4 Å². The second-order valence-electron chi connectivity index (χ2n) is 2.97. The molecule has 0 saturated carbocycles. The summed E-state index contributed by atoms with van der Waals surface area (Å²) in [6.07, 6.45) is -1.18. The average molecular weight is 219 g/mol. The van der Waals surface area contributed by atoms with Crippen LogP contribution in [0.5, 0.6) is 0 Å². The number of ether oxygens (including phenoxy) is 2. The van der Waals surface area contributed by atoms with Crippen molar-refractivity contribution >= 4 is 17.9 Å². The Balaban J connectivity index is 4.67. The van der Waals surface area contributed by atoms with E-state index in [1.165, 1.54) is 0 Å². The summed E-state index contributed by atoms with van der Waals surface area (Å²) in [5.74, 6) is -3.06. The van der Waals surface area contributed by atoms with E-state index in [1.807, 2.05) is 0 Å². The molecule has 7 nitrogen and oxygen atoms in total. The molecule has 0 bridgehead atoms. The molecule has 0 amide bonds. The van der Waals surface area contributed by atoms with Crippen molar-refractivity contribution in [1.29, 1.82) is 0 Å². The van der Waals surface area contributed by atoms with E-state index >= 15 is 0 Å². The first-order valence-corrected chi connectivity index (χ1v) is 4.01. The summed E-state index contributed by atoms with van der Waals surface area (Å²) >= 11 is 0. The third kappa shape index (κ3) is 3.94. The largest absolute Gasteiger partial charge is 0.480 e. The summed E-state index contributed by atoms with van der Waals surface area (Å²) in [5.41, 5.74) is 3.41. The van der Waals surface area contributed by atoms with Crippen molar-refractivity contribution in [1.82, 2.24) is 0 Å². The Morgan fingerprint density at radius 1 is 1.13 bits per heavy atom. The minimum absolute atomic E-state index is 0.589. The van der Waals surface area contributed by atoms with Crippen LogP contribution >= 0.6 is 0 Å². The van der Waals surface area contributed by atoms with Crippen LogP contribution in [0, 0.1) is 0 Å². The highest BCUT2D eigenvalue weighted by atomic mass is 16.5. The normalized spacial score (nSPS) is 10.6. The van der Waals surface area contributed by atoms with E-state index in [-0.39, 0.29) is 0 Å². The summed E-state index contributed by atoms with van der Waals surface area (Å²) in [6, 6.07) is 0. The summed E-state index contributed by atoms with van der Waals surface area (Å²) in [7, 11) is 2.20. The monoisotopic (exact) mass is 219 g/mol. The maximum Gasteiger partial charge on any atom is 0.324 e. The number of hydrogen-bond acceptors (Lipinski definition) is 6.